The number of carbonyl (C=O) groups excluding carboxylic acids is 1. The van der Waals surface area contributed by atoms with Crippen LogP contribution in [0.5, 0.6) is 0 Å². The van der Waals surface area contributed by atoms with Gasteiger partial charge in [0.25, 0.3) is 0 Å². The van der Waals surface area contributed by atoms with Crippen LogP contribution in [-0.2, 0) is 14.3 Å². The lowest BCUT2D eigenvalue weighted by Gasteiger charge is -2.19. The Morgan fingerprint density at radius 2 is 1.95 bits per heavy atom. The third kappa shape index (κ3) is 9.20. The van der Waals surface area contributed by atoms with E-state index in [2.05, 4.69) is 12.2 Å². The molecule has 0 aliphatic carbocycles. The second-order valence-electron chi connectivity index (χ2n) is 4.67. The van der Waals surface area contributed by atoms with Crippen LogP contribution in [0.15, 0.2) is 0 Å². The first-order valence-corrected chi connectivity index (χ1v) is 8.41. The van der Waals surface area contributed by atoms with Gasteiger partial charge in [-0.25, -0.2) is 0 Å². The van der Waals surface area contributed by atoms with Gasteiger partial charge in [-0.15, -0.1) is 0 Å². The molecule has 0 rings (SSSR count). The molecule has 0 aliphatic rings. The second kappa shape index (κ2) is 12.0. The Morgan fingerprint density at radius 1 is 1.25 bits per heavy atom. The smallest absolute Gasteiger partial charge is 0.324 e. The highest BCUT2D eigenvalue weighted by Gasteiger charge is 2.24. The zero-order valence-electron chi connectivity index (χ0n) is 12.7. The molecule has 0 radical (unpaired) electrons. The summed E-state index contributed by atoms with van der Waals surface area (Å²) in [4.78, 5) is 22.6. The molecule has 6 heteroatoms. The van der Waals surface area contributed by atoms with Gasteiger partial charge in [0.2, 0.25) is 0 Å². The van der Waals surface area contributed by atoms with Crippen molar-refractivity contribution in [1.82, 2.24) is 5.32 Å². The SMILES string of the molecule is CCCCCCSC[C@H](N[C@H](C)C(=O)O)C(=O)OCC. The van der Waals surface area contributed by atoms with E-state index in [4.69, 9.17) is 9.84 Å². The van der Waals surface area contributed by atoms with E-state index in [9.17, 15) is 9.59 Å². The van der Waals surface area contributed by atoms with Crippen molar-refractivity contribution in [3.8, 4) is 0 Å². The van der Waals surface area contributed by atoms with Gasteiger partial charge in [-0.1, -0.05) is 26.2 Å². The molecule has 0 saturated heterocycles. The fourth-order valence-electron chi connectivity index (χ4n) is 1.63. The Hall–Kier alpha value is -0.750. The molecule has 0 bridgehead atoms. The summed E-state index contributed by atoms with van der Waals surface area (Å²) in [7, 11) is 0. The Bertz CT molecular complexity index is 286. The molecule has 0 fully saturated rings. The van der Waals surface area contributed by atoms with Gasteiger partial charge in [-0.05, 0) is 26.0 Å². The van der Waals surface area contributed by atoms with E-state index in [-0.39, 0.29) is 5.97 Å². The van der Waals surface area contributed by atoms with Crippen LogP contribution in [0.1, 0.15) is 46.5 Å². The highest BCUT2D eigenvalue weighted by Crippen LogP contribution is 2.10. The van der Waals surface area contributed by atoms with Crippen LogP contribution < -0.4 is 5.32 Å². The molecular weight excluding hydrogens is 278 g/mol. The number of hydrogen-bond acceptors (Lipinski definition) is 5. The number of nitrogens with one attached hydrogen (secondary N) is 1. The third-order valence-electron chi connectivity index (χ3n) is 2.82. The minimum absolute atomic E-state index is 0.305. The van der Waals surface area contributed by atoms with Gasteiger partial charge in [-0.2, -0.15) is 11.8 Å². The maximum absolute atomic E-state index is 11.8. The molecule has 0 aromatic carbocycles. The summed E-state index contributed by atoms with van der Waals surface area (Å²) in [5, 5.41) is 11.7. The topological polar surface area (TPSA) is 75.6 Å². The lowest BCUT2D eigenvalue weighted by Crippen LogP contribution is -2.47. The zero-order chi connectivity index (χ0) is 15.4. The number of hydrogen-bond donors (Lipinski definition) is 2. The molecule has 0 aromatic heterocycles. The molecular formula is C14H27NO4S. The number of carboxylic acid groups (broad SMARTS) is 1. The Balaban J connectivity index is 4.11. The van der Waals surface area contributed by atoms with Crippen LogP contribution >= 0.6 is 11.8 Å². The highest BCUT2D eigenvalue weighted by molar-refractivity contribution is 7.99. The van der Waals surface area contributed by atoms with Crippen molar-refractivity contribution >= 4 is 23.7 Å². The minimum atomic E-state index is -0.966. The lowest BCUT2D eigenvalue weighted by molar-refractivity contribution is -0.146. The summed E-state index contributed by atoms with van der Waals surface area (Å²) in [5.74, 6) is 0.190. The first-order chi connectivity index (χ1) is 9.52. The molecule has 20 heavy (non-hydrogen) atoms. The normalized spacial score (nSPS) is 13.8. The van der Waals surface area contributed by atoms with E-state index in [1.54, 1.807) is 18.7 Å². The van der Waals surface area contributed by atoms with E-state index in [0.717, 1.165) is 12.2 Å². The summed E-state index contributed by atoms with van der Waals surface area (Å²) in [5.41, 5.74) is 0. The Labute approximate surface area is 125 Å². The Morgan fingerprint density at radius 3 is 2.50 bits per heavy atom. The lowest BCUT2D eigenvalue weighted by atomic mass is 10.2. The Kier molecular flexibility index (Phi) is 11.6. The molecule has 0 heterocycles. The van der Waals surface area contributed by atoms with Crippen LogP contribution in [0, 0.1) is 0 Å². The molecule has 2 N–H and O–H groups in total. The van der Waals surface area contributed by atoms with Gasteiger partial charge in [0.1, 0.15) is 12.1 Å². The zero-order valence-corrected chi connectivity index (χ0v) is 13.5. The van der Waals surface area contributed by atoms with E-state index in [0.29, 0.717) is 12.4 Å². The van der Waals surface area contributed by atoms with Gasteiger partial charge in [0.05, 0.1) is 6.61 Å². The summed E-state index contributed by atoms with van der Waals surface area (Å²) >= 11 is 1.66. The first-order valence-electron chi connectivity index (χ1n) is 7.26. The summed E-state index contributed by atoms with van der Waals surface area (Å²) in [6, 6.07) is -1.32. The monoisotopic (exact) mass is 305 g/mol. The highest BCUT2D eigenvalue weighted by atomic mass is 32.2. The van der Waals surface area contributed by atoms with E-state index < -0.39 is 18.1 Å². The van der Waals surface area contributed by atoms with Gasteiger partial charge < -0.3 is 9.84 Å². The van der Waals surface area contributed by atoms with E-state index >= 15 is 0 Å². The van der Waals surface area contributed by atoms with Crippen molar-refractivity contribution in [2.45, 2.75) is 58.5 Å². The van der Waals surface area contributed by atoms with Crippen molar-refractivity contribution < 1.29 is 19.4 Å². The predicted molar refractivity (Wildman–Crippen MR) is 82.1 cm³/mol. The molecule has 0 spiro atoms. The van der Waals surface area contributed by atoms with Crippen molar-refractivity contribution in [3.63, 3.8) is 0 Å². The quantitative estimate of drug-likeness (QED) is 0.425. The van der Waals surface area contributed by atoms with Crippen molar-refractivity contribution in [2.75, 3.05) is 18.1 Å². The van der Waals surface area contributed by atoms with Crippen LogP contribution in [0.4, 0.5) is 0 Å². The number of esters is 1. The van der Waals surface area contributed by atoms with E-state index in [1.165, 1.54) is 26.2 Å². The molecule has 0 amide bonds. The molecule has 0 unspecified atom stereocenters. The van der Waals surface area contributed by atoms with Crippen molar-refractivity contribution in [3.05, 3.63) is 0 Å². The fourth-order valence-corrected chi connectivity index (χ4v) is 2.68. The van der Waals surface area contributed by atoms with Crippen molar-refractivity contribution in [1.29, 1.82) is 0 Å². The number of carboxylic acids is 1. The number of thioether (sulfide) groups is 1. The number of unbranched alkanes of at least 4 members (excludes halogenated alkanes) is 3. The van der Waals surface area contributed by atoms with Crippen molar-refractivity contribution in [2.24, 2.45) is 0 Å². The average Bonchev–Trinajstić information content (AvgIpc) is 2.41. The summed E-state index contributed by atoms with van der Waals surface area (Å²) in [6.07, 6.45) is 4.76. The third-order valence-corrected chi connectivity index (χ3v) is 3.97. The summed E-state index contributed by atoms with van der Waals surface area (Å²) in [6.45, 7) is 5.74. The second-order valence-corrected chi connectivity index (χ2v) is 5.82. The van der Waals surface area contributed by atoms with E-state index in [1.807, 2.05) is 0 Å². The molecule has 2 atom stereocenters. The van der Waals surface area contributed by atoms with Gasteiger partial charge in [0, 0.05) is 5.75 Å². The maximum atomic E-state index is 11.8. The molecule has 0 saturated carbocycles. The summed E-state index contributed by atoms with van der Waals surface area (Å²) < 4.78 is 4.97. The number of aliphatic carboxylic acids is 1. The van der Waals surface area contributed by atoms with Gasteiger partial charge >= 0.3 is 11.9 Å². The number of rotatable bonds is 12. The predicted octanol–water partition coefficient (Wildman–Crippen LogP) is 2.29. The van der Waals surface area contributed by atoms with Gasteiger partial charge in [0.15, 0.2) is 0 Å². The largest absolute Gasteiger partial charge is 0.480 e. The molecule has 0 aliphatic heterocycles. The number of carbonyl (C=O) groups is 2. The maximum Gasteiger partial charge on any atom is 0.324 e. The van der Waals surface area contributed by atoms with Gasteiger partial charge in [-0.3, -0.25) is 14.9 Å². The van der Waals surface area contributed by atoms with Crippen LogP contribution in [0.3, 0.4) is 0 Å². The van der Waals surface area contributed by atoms with Crippen LogP contribution in [0.2, 0.25) is 0 Å². The fraction of sp³-hybridized carbons (Fsp3) is 0.857. The average molecular weight is 305 g/mol. The standard InChI is InChI=1S/C14H27NO4S/c1-4-6-7-8-9-20-10-12(14(18)19-5-2)15-11(3)13(16)17/h11-12,15H,4-10H2,1-3H3,(H,16,17)/t11-,12+/m1/s1. The molecule has 5 nitrogen and oxygen atoms in total. The van der Waals surface area contributed by atoms with Crippen LogP contribution in [0.25, 0.3) is 0 Å². The first kappa shape index (κ1) is 19.2. The molecule has 118 valence electrons. The molecule has 0 aromatic rings. The minimum Gasteiger partial charge on any atom is -0.480 e. The van der Waals surface area contributed by atoms with Crippen LogP contribution in [-0.4, -0.2) is 47.2 Å². The number of ether oxygens (including phenoxy) is 1.